The van der Waals surface area contributed by atoms with Crippen LogP contribution in [-0.4, -0.2) is 47.6 Å². The molecule has 1 aromatic heterocycles. The fourth-order valence-corrected chi connectivity index (χ4v) is 1.97. The van der Waals surface area contributed by atoms with Crippen molar-refractivity contribution >= 4 is 5.82 Å². The van der Waals surface area contributed by atoms with Crippen molar-refractivity contribution in [1.29, 1.82) is 0 Å². The topological polar surface area (TPSA) is 32.3 Å². The van der Waals surface area contributed by atoms with Gasteiger partial charge < -0.3 is 4.90 Å². The van der Waals surface area contributed by atoms with E-state index in [2.05, 4.69) is 26.7 Å². The summed E-state index contributed by atoms with van der Waals surface area (Å²) in [6.45, 7) is 7.87. The minimum atomic E-state index is 1.01. The molecular weight excluding hydrogens is 188 g/mol. The highest BCUT2D eigenvalue weighted by Gasteiger charge is 2.16. The molecule has 0 N–H and O–H groups in total. The van der Waals surface area contributed by atoms with Crippen LogP contribution >= 0.6 is 0 Å². The Morgan fingerprint density at radius 2 is 2.00 bits per heavy atom. The summed E-state index contributed by atoms with van der Waals surface area (Å²) in [6, 6.07) is 0. The van der Waals surface area contributed by atoms with Crippen molar-refractivity contribution in [3.8, 4) is 0 Å². The van der Waals surface area contributed by atoms with Gasteiger partial charge >= 0.3 is 0 Å². The maximum atomic E-state index is 4.32. The Morgan fingerprint density at radius 3 is 2.60 bits per heavy atom. The third-order valence-electron chi connectivity index (χ3n) is 2.79. The van der Waals surface area contributed by atoms with Crippen LogP contribution in [0, 0.1) is 0 Å². The summed E-state index contributed by atoms with van der Waals surface area (Å²) in [5.74, 6) is 1.01. The number of hydrogen-bond donors (Lipinski definition) is 0. The Balaban J connectivity index is 1.88. The number of aromatic nitrogens is 2. The van der Waals surface area contributed by atoms with Crippen LogP contribution in [0.2, 0.25) is 0 Å². The van der Waals surface area contributed by atoms with Gasteiger partial charge in [-0.15, -0.1) is 0 Å². The molecule has 0 saturated carbocycles. The highest BCUT2D eigenvalue weighted by Crippen LogP contribution is 2.11. The summed E-state index contributed by atoms with van der Waals surface area (Å²) in [6.07, 6.45) is 6.56. The normalized spacial score (nSPS) is 18.1. The second-order valence-electron chi connectivity index (χ2n) is 3.89. The van der Waals surface area contributed by atoms with E-state index in [9.17, 15) is 0 Å². The van der Waals surface area contributed by atoms with Crippen molar-refractivity contribution in [3.63, 3.8) is 0 Å². The Hall–Kier alpha value is -1.16. The van der Waals surface area contributed by atoms with E-state index in [0.29, 0.717) is 0 Å². The van der Waals surface area contributed by atoms with E-state index < -0.39 is 0 Å². The molecular formula is C11H18N4. The first-order chi connectivity index (χ1) is 7.40. The van der Waals surface area contributed by atoms with Crippen LogP contribution in [0.25, 0.3) is 0 Å². The lowest BCUT2D eigenvalue weighted by molar-refractivity contribution is 0.258. The molecule has 1 aliphatic heterocycles. The molecule has 4 nitrogen and oxygen atoms in total. The SMILES string of the molecule is CCCN1CCN(c2cnccn2)CC1. The summed E-state index contributed by atoms with van der Waals surface area (Å²) in [5, 5.41) is 0. The average Bonchev–Trinajstić information content (AvgIpc) is 2.32. The van der Waals surface area contributed by atoms with Crippen LogP contribution in [0.1, 0.15) is 13.3 Å². The molecule has 0 amide bonds. The predicted octanol–water partition coefficient (Wildman–Crippen LogP) is 1.01. The number of anilines is 1. The van der Waals surface area contributed by atoms with Gasteiger partial charge in [-0.05, 0) is 13.0 Å². The molecule has 1 saturated heterocycles. The molecule has 4 heteroatoms. The van der Waals surface area contributed by atoms with E-state index in [0.717, 1.165) is 32.0 Å². The molecule has 1 aliphatic rings. The zero-order valence-electron chi connectivity index (χ0n) is 9.26. The molecule has 0 aliphatic carbocycles. The molecule has 1 aromatic rings. The highest BCUT2D eigenvalue weighted by atomic mass is 15.3. The lowest BCUT2D eigenvalue weighted by Crippen LogP contribution is -2.46. The minimum Gasteiger partial charge on any atom is -0.353 e. The highest BCUT2D eigenvalue weighted by molar-refractivity contribution is 5.35. The number of hydrogen-bond acceptors (Lipinski definition) is 4. The summed E-state index contributed by atoms with van der Waals surface area (Å²) in [5.41, 5.74) is 0. The van der Waals surface area contributed by atoms with Crippen molar-refractivity contribution in [2.75, 3.05) is 37.6 Å². The van der Waals surface area contributed by atoms with E-state index in [1.54, 1.807) is 12.4 Å². The first-order valence-electron chi connectivity index (χ1n) is 5.63. The van der Waals surface area contributed by atoms with Gasteiger partial charge in [0.05, 0.1) is 6.20 Å². The Bertz CT molecular complexity index is 280. The van der Waals surface area contributed by atoms with E-state index in [1.807, 2.05) is 6.20 Å². The molecule has 82 valence electrons. The summed E-state index contributed by atoms with van der Waals surface area (Å²) >= 11 is 0. The molecule has 2 heterocycles. The number of rotatable bonds is 3. The van der Waals surface area contributed by atoms with Crippen LogP contribution in [0.5, 0.6) is 0 Å². The number of nitrogens with zero attached hydrogens (tertiary/aromatic N) is 4. The summed E-state index contributed by atoms with van der Waals surface area (Å²) in [7, 11) is 0. The van der Waals surface area contributed by atoms with E-state index in [-0.39, 0.29) is 0 Å². The van der Waals surface area contributed by atoms with Crippen LogP contribution in [0.15, 0.2) is 18.6 Å². The third-order valence-corrected chi connectivity index (χ3v) is 2.79. The summed E-state index contributed by atoms with van der Waals surface area (Å²) < 4.78 is 0. The van der Waals surface area contributed by atoms with Gasteiger partial charge in [-0.1, -0.05) is 6.92 Å². The largest absolute Gasteiger partial charge is 0.353 e. The fraction of sp³-hybridized carbons (Fsp3) is 0.636. The lowest BCUT2D eigenvalue weighted by atomic mass is 10.3. The lowest BCUT2D eigenvalue weighted by Gasteiger charge is -2.34. The maximum Gasteiger partial charge on any atom is 0.147 e. The second kappa shape index (κ2) is 5.07. The Labute approximate surface area is 90.9 Å². The van der Waals surface area contributed by atoms with Crippen LogP contribution < -0.4 is 4.90 Å². The van der Waals surface area contributed by atoms with Gasteiger partial charge in [-0.2, -0.15) is 0 Å². The van der Waals surface area contributed by atoms with Crippen molar-refractivity contribution in [1.82, 2.24) is 14.9 Å². The molecule has 0 bridgehead atoms. The van der Waals surface area contributed by atoms with Gasteiger partial charge in [0.1, 0.15) is 5.82 Å². The van der Waals surface area contributed by atoms with Crippen LogP contribution in [0.3, 0.4) is 0 Å². The molecule has 0 spiro atoms. The van der Waals surface area contributed by atoms with Crippen LogP contribution in [0.4, 0.5) is 5.82 Å². The van der Waals surface area contributed by atoms with Crippen molar-refractivity contribution in [3.05, 3.63) is 18.6 Å². The first kappa shape index (κ1) is 10.4. The molecule has 0 aromatic carbocycles. The molecule has 0 unspecified atom stereocenters. The van der Waals surface area contributed by atoms with Crippen molar-refractivity contribution < 1.29 is 0 Å². The van der Waals surface area contributed by atoms with Crippen molar-refractivity contribution in [2.45, 2.75) is 13.3 Å². The zero-order chi connectivity index (χ0) is 10.5. The Kier molecular flexibility index (Phi) is 3.50. The van der Waals surface area contributed by atoms with Crippen LogP contribution in [-0.2, 0) is 0 Å². The zero-order valence-corrected chi connectivity index (χ0v) is 9.26. The van der Waals surface area contributed by atoms with Gasteiger partial charge in [0, 0.05) is 38.6 Å². The minimum absolute atomic E-state index is 1.01. The Morgan fingerprint density at radius 1 is 1.20 bits per heavy atom. The van der Waals surface area contributed by atoms with Gasteiger partial charge in [-0.3, -0.25) is 9.88 Å². The van der Waals surface area contributed by atoms with Gasteiger partial charge in [-0.25, -0.2) is 4.98 Å². The quantitative estimate of drug-likeness (QED) is 0.739. The standard InChI is InChI=1S/C11H18N4/c1-2-5-14-6-8-15(9-7-14)11-10-12-3-4-13-11/h3-4,10H,2,5-9H2,1H3. The van der Waals surface area contributed by atoms with Crippen molar-refractivity contribution in [2.24, 2.45) is 0 Å². The first-order valence-corrected chi connectivity index (χ1v) is 5.63. The average molecular weight is 206 g/mol. The van der Waals surface area contributed by atoms with E-state index in [1.165, 1.54) is 13.0 Å². The number of piperazine rings is 1. The fourth-order valence-electron chi connectivity index (χ4n) is 1.97. The van der Waals surface area contributed by atoms with E-state index in [4.69, 9.17) is 0 Å². The monoisotopic (exact) mass is 206 g/mol. The smallest absolute Gasteiger partial charge is 0.147 e. The van der Waals surface area contributed by atoms with Gasteiger partial charge in [0.2, 0.25) is 0 Å². The molecule has 0 radical (unpaired) electrons. The summed E-state index contributed by atoms with van der Waals surface area (Å²) in [4.78, 5) is 13.2. The molecule has 2 rings (SSSR count). The molecule has 1 fully saturated rings. The van der Waals surface area contributed by atoms with Gasteiger partial charge in [0.25, 0.3) is 0 Å². The third kappa shape index (κ3) is 2.65. The van der Waals surface area contributed by atoms with E-state index >= 15 is 0 Å². The molecule has 0 atom stereocenters. The van der Waals surface area contributed by atoms with Gasteiger partial charge in [0.15, 0.2) is 0 Å². The second-order valence-corrected chi connectivity index (χ2v) is 3.89. The molecule has 15 heavy (non-hydrogen) atoms. The maximum absolute atomic E-state index is 4.32. The predicted molar refractivity (Wildman–Crippen MR) is 61.0 cm³/mol.